The Morgan fingerprint density at radius 1 is 1.07 bits per heavy atom. The van der Waals surface area contributed by atoms with E-state index in [-0.39, 0.29) is 18.1 Å². The molecule has 0 fully saturated rings. The number of anilines is 1. The van der Waals surface area contributed by atoms with Gasteiger partial charge < -0.3 is 10.1 Å². The molecule has 0 aliphatic carbocycles. The van der Waals surface area contributed by atoms with Crippen molar-refractivity contribution in [2.45, 2.75) is 33.6 Å². The number of methoxy groups -OCH3 is 1. The van der Waals surface area contributed by atoms with E-state index < -0.39 is 5.41 Å². The molecule has 144 valence electrons. The average molecular weight is 408 g/mol. The van der Waals surface area contributed by atoms with E-state index in [9.17, 15) is 9.59 Å². The highest BCUT2D eigenvalue weighted by atomic mass is 35.5. The number of benzene rings is 2. The maximum atomic E-state index is 12.7. The third-order valence-corrected chi connectivity index (χ3v) is 5.36. The fourth-order valence-corrected chi connectivity index (χ4v) is 2.69. The maximum Gasteiger partial charge on any atom is 0.230 e. The number of amides is 1. The lowest BCUT2D eigenvalue weighted by atomic mass is 9.89. The van der Waals surface area contributed by atoms with Gasteiger partial charge in [0.05, 0.1) is 22.8 Å². The first-order valence-electron chi connectivity index (χ1n) is 8.64. The van der Waals surface area contributed by atoms with Gasteiger partial charge in [-0.1, -0.05) is 50.0 Å². The molecule has 0 spiro atoms. The van der Waals surface area contributed by atoms with Crippen LogP contribution >= 0.6 is 23.2 Å². The van der Waals surface area contributed by atoms with Crippen molar-refractivity contribution >= 4 is 40.6 Å². The van der Waals surface area contributed by atoms with Crippen LogP contribution in [0.4, 0.5) is 5.69 Å². The molecule has 0 aromatic heterocycles. The number of carbonyl (C=O) groups is 2. The van der Waals surface area contributed by atoms with E-state index in [1.165, 1.54) is 7.11 Å². The first-order chi connectivity index (χ1) is 12.7. The van der Waals surface area contributed by atoms with Crippen LogP contribution in [0.2, 0.25) is 10.0 Å². The zero-order valence-corrected chi connectivity index (χ0v) is 17.4. The summed E-state index contributed by atoms with van der Waals surface area (Å²) in [6.45, 7) is 5.69. The minimum atomic E-state index is -0.523. The van der Waals surface area contributed by atoms with Crippen molar-refractivity contribution in [2.75, 3.05) is 12.4 Å². The van der Waals surface area contributed by atoms with Gasteiger partial charge >= 0.3 is 0 Å². The zero-order chi connectivity index (χ0) is 20.2. The number of ether oxygens (including phenoxy) is 1. The van der Waals surface area contributed by atoms with Crippen LogP contribution in [0.25, 0.3) is 0 Å². The van der Waals surface area contributed by atoms with Crippen LogP contribution in [-0.2, 0) is 11.2 Å². The molecule has 0 saturated carbocycles. The van der Waals surface area contributed by atoms with Gasteiger partial charge in [0.1, 0.15) is 5.75 Å². The van der Waals surface area contributed by atoms with Gasteiger partial charge in [-0.05, 0) is 42.3 Å². The van der Waals surface area contributed by atoms with Crippen LogP contribution < -0.4 is 10.1 Å². The second-order valence-electron chi connectivity index (χ2n) is 6.96. The normalized spacial score (nSPS) is 11.2. The summed E-state index contributed by atoms with van der Waals surface area (Å²) in [6.07, 6.45) is 0.869. The highest BCUT2D eigenvalue weighted by Crippen LogP contribution is 2.30. The summed E-state index contributed by atoms with van der Waals surface area (Å²) in [7, 11) is 1.52. The first-order valence-corrected chi connectivity index (χ1v) is 9.40. The number of halogens is 2. The van der Waals surface area contributed by atoms with Gasteiger partial charge in [-0.25, -0.2) is 0 Å². The van der Waals surface area contributed by atoms with Crippen molar-refractivity contribution < 1.29 is 14.3 Å². The van der Waals surface area contributed by atoms with Gasteiger partial charge in [0.25, 0.3) is 0 Å². The number of hydrogen-bond donors (Lipinski definition) is 1. The minimum Gasteiger partial charge on any atom is -0.495 e. The zero-order valence-electron chi connectivity index (χ0n) is 15.9. The van der Waals surface area contributed by atoms with Crippen LogP contribution in [0.1, 0.15) is 43.1 Å². The molecule has 1 N–H and O–H groups in total. The molecule has 0 heterocycles. The van der Waals surface area contributed by atoms with Crippen molar-refractivity contribution in [2.24, 2.45) is 5.41 Å². The van der Waals surface area contributed by atoms with Gasteiger partial charge in [0.15, 0.2) is 5.78 Å². The second kappa shape index (κ2) is 8.77. The van der Waals surface area contributed by atoms with E-state index >= 15 is 0 Å². The fraction of sp³-hybridized carbons (Fsp3) is 0.333. The molecule has 0 saturated heterocycles. The topological polar surface area (TPSA) is 55.4 Å². The SMILES string of the molecule is CCC(C)(C)C(=O)Nc1cc(C(=O)Cc2ccc(Cl)c(Cl)c2)ccc1OC. The quantitative estimate of drug-likeness (QED) is 0.589. The van der Waals surface area contributed by atoms with Crippen LogP contribution in [0.5, 0.6) is 5.75 Å². The Hall–Kier alpha value is -2.04. The number of hydrogen-bond acceptors (Lipinski definition) is 3. The molecule has 2 rings (SSSR count). The molecule has 0 radical (unpaired) electrons. The van der Waals surface area contributed by atoms with E-state index in [4.69, 9.17) is 27.9 Å². The van der Waals surface area contributed by atoms with Gasteiger partial charge in [-0.2, -0.15) is 0 Å². The Labute approximate surface area is 169 Å². The molecule has 0 atom stereocenters. The highest BCUT2D eigenvalue weighted by Gasteiger charge is 2.26. The molecule has 6 heteroatoms. The molecule has 1 amide bonds. The van der Waals surface area contributed by atoms with Crippen molar-refractivity contribution in [1.29, 1.82) is 0 Å². The second-order valence-corrected chi connectivity index (χ2v) is 7.77. The summed E-state index contributed by atoms with van der Waals surface area (Å²) >= 11 is 11.9. The molecule has 27 heavy (non-hydrogen) atoms. The summed E-state index contributed by atoms with van der Waals surface area (Å²) in [5.41, 5.74) is 1.20. The van der Waals surface area contributed by atoms with Crippen molar-refractivity contribution in [3.05, 3.63) is 57.6 Å². The maximum absolute atomic E-state index is 12.7. The molecule has 0 unspecified atom stereocenters. The number of nitrogens with one attached hydrogen (secondary N) is 1. The molecule has 0 aliphatic rings. The third kappa shape index (κ3) is 5.24. The Bertz CT molecular complexity index is 863. The molecule has 2 aromatic rings. The van der Waals surface area contributed by atoms with Gasteiger partial charge in [0.2, 0.25) is 5.91 Å². The largest absolute Gasteiger partial charge is 0.495 e. The molecule has 0 bridgehead atoms. The highest BCUT2D eigenvalue weighted by molar-refractivity contribution is 6.42. The predicted molar refractivity (Wildman–Crippen MR) is 110 cm³/mol. The monoisotopic (exact) mass is 407 g/mol. The summed E-state index contributed by atoms with van der Waals surface area (Å²) in [4.78, 5) is 25.2. The van der Waals surface area contributed by atoms with Gasteiger partial charge in [0, 0.05) is 17.4 Å². The van der Waals surface area contributed by atoms with E-state index in [2.05, 4.69) is 5.32 Å². The van der Waals surface area contributed by atoms with Crippen LogP contribution in [-0.4, -0.2) is 18.8 Å². The van der Waals surface area contributed by atoms with Crippen LogP contribution in [0, 0.1) is 5.41 Å². The molecule has 4 nitrogen and oxygen atoms in total. The Balaban J connectivity index is 2.26. The summed E-state index contributed by atoms with van der Waals surface area (Å²) in [5.74, 6) is 0.278. The van der Waals surface area contributed by atoms with Gasteiger partial charge in [-0.3, -0.25) is 9.59 Å². The lowest BCUT2D eigenvalue weighted by molar-refractivity contribution is -0.124. The first kappa shape index (κ1) is 21.3. The number of Topliss-reactive ketones (excluding diaryl/α,β-unsaturated/α-hetero) is 1. The van der Waals surface area contributed by atoms with E-state index in [1.54, 1.807) is 36.4 Å². The molecular weight excluding hydrogens is 385 g/mol. The predicted octanol–water partition coefficient (Wildman–Crippen LogP) is 5.80. The number of carbonyl (C=O) groups excluding carboxylic acids is 2. The Morgan fingerprint density at radius 2 is 1.78 bits per heavy atom. The Kier molecular flexibility index (Phi) is 6.90. The average Bonchev–Trinajstić information content (AvgIpc) is 2.64. The smallest absolute Gasteiger partial charge is 0.230 e. The van der Waals surface area contributed by atoms with E-state index in [0.717, 1.165) is 5.56 Å². The number of rotatable bonds is 7. The van der Waals surface area contributed by atoms with Crippen LogP contribution in [0.3, 0.4) is 0 Å². The molecule has 2 aromatic carbocycles. The van der Waals surface area contributed by atoms with Crippen molar-refractivity contribution in [1.82, 2.24) is 0 Å². The lowest BCUT2D eigenvalue weighted by Gasteiger charge is -2.22. The molecular formula is C21H23Cl2NO3. The van der Waals surface area contributed by atoms with Gasteiger partial charge in [-0.15, -0.1) is 0 Å². The summed E-state index contributed by atoms with van der Waals surface area (Å²) < 4.78 is 5.32. The Morgan fingerprint density at radius 3 is 2.37 bits per heavy atom. The van der Waals surface area contributed by atoms with E-state index in [0.29, 0.717) is 33.5 Å². The third-order valence-electron chi connectivity index (χ3n) is 4.62. The van der Waals surface area contributed by atoms with Crippen molar-refractivity contribution in [3.63, 3.8) is 0 Å². The van der Waals surface area contributed by atoms with E-state index in [1.807, 2.05) is 20.8 Å². The number of ketones is 1. The molecule has 0 aliphatic heterocycles. The minimum absolute atomic E-state index is 0.0960. The standard InChI is InChI=1S/C21H23Cl2NO3/c1-5-21(2,3)20(26)24-17-12-14(7-9-19(17)27-4)18(25)11-13-6-8-15(22)16(23)10-13/h6-10,12H,5,11H2,1-4H3,(H,24,26). The van der Waals surface area contributed by atoms with Crippen molar-refractivity contribution in [3.8, 4) is 5.75 Å². The summed E-state index contributed by atoms with van der Waals surface area (Å²) in [6, 6.07) is 10.1. The summed E-state index contributed by atoms with van der Waals surface area (Å²) in [5, 5.41) is 3.73. The lowest BCUT2D eigenvalue weighted by Crippen LogP contribution is -2.30. The van der Waals surface area contributed by atoms with Crippen LogP contribution in [0.15, 0.2) is 36.4 Å². The fourth-order valence-electron chi connectivity index (χ4n) is 2.37.